The highest BCUT2D eigenvalue weighted by Crippen LogP contribution is 2.39. The Morgan fingerprint density at radius 2 is 2.19 bits per heavy atom. The number of anilines is 1. The summed E-state index contributed by atoms with van der Waals surface area (Å²) < 4.78 is 5.15. The van der Waals surface area contributed by atoms with Crippen LogP contribution in [0, 0.1) is 17.2 Å². The van der Waals surface area contributed by atoms with Crippen LogP contribution in [0.3, 0.4) is 0 Å². The van der Waals surface area contributed by atoms with Crippen LogP contribution in [0.2, 0.25) is 0 Å². The lowest BCUT2D eigenvalue weighted by Gasteiger charge is -2.17. The highest BCUT2D eigenvalue weighted by atomic mass is 32.2. The van der Waals surface area contributed by atoms with Gasteiger partial charge in [-0.15, -0.1) is 23.1 Å². The number of fused-ring (bicyclic) bond motifs is 1. The molecule has 1 aromatic heterocycles. The van der Waals surface area contributed by atoms with Crippen molar-refractivity contribution in [1.82, 2.24) is 0 Å². The van der Waals surface area contributed by atoms with Crippen LogP contribution in [0.4, 0.5) is 5.00 Å². The van der Waals surface area contributed by atoms with Crippen molar-refractivity contribution in [3.63, 3.8) is 0 Å². The number of rotatable bonds is 7. The number of hydrogen-bond acceptors (Lipinski definition) is 5. The van der Waals surface area contributed by atoms with E-state index in [9.17, 15) is 10.1 Å². The number of carbonyl (C=O) groups excluding carboxylic acids is 1. The Morgan fingerprint density at radius 1 is 1.41 bits per heavy atom. The van der Waals surface area contributed by atoms with Crippen LogP contribution in [-0.2, 0) is 17.6 Å². The molecule has 0 spiro atoms. The number of nitriles is 1. The molecule has 0 saturated heterocycles. The van der Waals surface area contributed by atoms with Crippen molar-refractivity contribution in [3.8, 4) is 11.8 Å². The van der Waals surface area contributed by atoms with Crippen LogP contribution in [0.5, 0.6) is 5.75 Å². The molecule has 1 amide bonds. The number of thioether (sulfide) groups is 1. The summed E-state index contributed by atoms with van der Waals surface area (Å²) in [6, 6.07) is 10.2. The Balaban J connectivity index is 1.49. The van der Waals surface area contributed by atoms with Gasteiger partial charge in [0, 0.05) is 16.2 Å². The third-order valence-corrected chi connectivity index (χ3v) is 7.02. The van der Waals surface area contributed by atoms with Gasteiger partial charge in [-0.2, -0.15) is 5.26 Å². The molecule has 1 atom stereocenters. The summed E-state index contributed by atoms with van der Waals surface area (Å²) in [6.45, 7) is 2.24. The maximum Gasteiger partial charge on any atom is 0.225 e. The second kappa shape index (κ2) is 9.29. The zero-order chi connectivity index (χ0) is 19.2. The average Bonchev–Trinajstić information content (AvgIpc) is 3.01. The van der Waals surface area contributed by atoms with Crippen LogP contribution in [-0.4, -0.2) is 18.8 Å². The van der Waals surface area contributed by atoms with Crippen molar-refractivity contribution in [2.24, 2.45) is 5.92 Å². The molecule has 1 aliphatic rings. The second-order valence-corrected chi connectivity index (χ2v) is 9.12. The van der Waals surface area contributed by atoms with Crippen molar-refractivity contribution in [3.05, 3.63) is 40.3 Å². The van der Waals surface area contributed by atoms with E-state index in [1.54, 1.807) is 30.2 Å². The topological polar surface area (TPSA) is 62.1 Å². The van der Waals surface area contributed by atoms with Crippen LogP contribution < -0.4 is 10.1 Å². The highest BCUT2D eigenvalue weighted by molar-refractivity contribution is 7.99. The molecule has 0 bridgehead atoms. The largest absolute Gasteiger partial charge is 0.497 e. The van der Waals surface area contributed by atoms with E-state index >= 15 is 0 Å². The Labute approximate surface area is 168 Å². The van der Waals surface area contributed by atoms with Crippen molar-refractivity contribution < 1.29 is 9.53 Å². The number of nitrogens with one attached hydrogen (secondary N) is 1. The van der Waals surface area contributed by atoms with Crippen LogP contribution >= 0.6 is 23.1 Å². The van der Waals surface area contributed by atoms with Gasteiger partial charge < -0.3 is 10.1 Å². The summed E-state index contributed by atoms with van der Waals surface area (Å²) in [7, 11) is 1.66. The van der Waals surface area contributed by atoms with Crippen LogP contribution in [0.25, 0.3) is 0 Å². The monoisotopic (exact) mass is 400 g/mol. The van der Waals surface area contributed by atoms with Gasteiger partial charge >= 0.3 is 0 Å². The lowest BCUT2D eigenvalue weighted by Crippen LogP contribution is -2.12. The third-order valence-electron chi connectivity index (χ3n) is 4.75. The molecule has 0 aliphatic heterocycles. The summed E-state index contributed by atoms with van der Waals surface area (Å²) in [6.07, 6.45) is 4.35. The SMILES string of the molecule is COc1ccc(SCCCC(=O)Nc2sc3c(c2C#N)CCC(C)C3)cc1. The Bertz CT molecular complexity index is 837. The number of hydrogen-bond donors (Lipinski definition) is 1. The second-order valence-electron chi connectivity index (χ2n) is 6.84. The van der Waals surface area contributed by atoms with Gasteiger partial charge in [0.1, 0.15) is 16.8 Å². The number of nitrogens with zero attached hydrogens (tertiary/aromatic N) is 1. The average molecular weight is 401 g/mol. The minimum Gasteiger partial charge on any atom is -0.497 e. The molecule has 1 unspecified atom stereocenters. The Morgan fingerprint density at radius 3 is 2.89 bits per heavy atom. The van der Waals surface area contributed by atoms with Gasteiger partial charge in [-0.05, 0) is 67.2 Å². The van der Waals surface area contributed by atoms with Crippen molar-refractivity contribution >= 4 is 34.0 Å². The minimum absolute atomic E-state index is 0.00604. The molecule has 1 aromatic carbocycles. The summed E-state index contributed by atoms with van der Waals surface area (Å²) in [4.78, 5) is 14.8. The van der Waals surface area contributed by atoms with Gasteiger partial charge in [-0.3, -0.25) is 4.79 Å². The maximum atomic E-state index is 12.3. The van der Waals surface area contributed by atoms with Gasteiger partial charge in [0.25, 0.3) is 0 Å². The number of amides is 1. The van der Waals surface area contributed by atoms with Crippen molar-refractivity contribution in [2.75, 3.05) is 18.2 Å². The molecule has 0 fully saturated rings. The smallest absolute Gasteiger partial charge is 0.225 e. The molecule has 27 heavy (non-hydrogen) atoms. The van der Waals surface area contributed by atoms with Gasteiger partial charge in [0.05, 0.1) is 12.7 Å². The highest BCUT2D eigenvalue weighted by Gasteiger charge is 2.24. The molecule has 142 valence electrons. The zero-order valence-electron chi connectivity index (χ0n) is 15.7. The van der Waals surface area contributed by atoms with E-state index in [0.29, 0.717) is 17.9 Å². The number of carbonyl (C=O) groups is 1. The molecular weight excluding hydrogens is 376 g/mol. The molecule has 1 aliphatic carbocycles. The molecule has 0 saturated carbocycles. The third kappa shape index (κ3) is 5.06. The number of benzene rings is 1. The molecule has 4 nitrogen and oxygen atoms in total. The predicted octanol–water partition coefficient (Wildman–Crippen LogP) is 5.26. The van der Waals surface area contributed by atoms with E-state index in [4.69, 9.17) is 4.74 Å². The number of thiophene rings is 1. The van der Waals surface area contributed by atoms with E-state index < -0.39 is 0 Å². The predicted molar refractivity (Wildman–Crippen MR) is 112 cm³/mol. The Kier molecular flexibility index (Phi) is 6.81. The summed E-state index contributed by atoms with van der Waals surface area (Å²) in [5.41, 5.74) is 1.84. The first kappa shape index (κ1) is 19.8. The minimum atomic E-state index is -0.00604. The lowest BCUT2D eigenvalue weighted by molar-refractivity contribution is -0.116. The van der Waals surface area contributed by atoms with Crippen molar-refractivity contribution in [2.45, 2.75) is 43.9 Å². The van der Waals surface area contributed by atoms with Crippen molar-refractivity contribution in [1.29, 1.82) is 5.26 Å². The molecule has 1 heterocycles. The fourth-order valence-corrected chi connectivity index (χ4v) is 5.47. The fraction of sp³-hybridized carbons (Fsp3) is 0.429. The molecule has 0 radical (unpaired) electrons. The van der Waals surface area contributed by atoms with Crippen LogP contribution in [0.1, 0.15) is 42.2 Å². The quantitative estimate of drug-likeness (QED) is 0.508. The fourth-order valence-electron chi connectivity index (χ4n) is 3.24. The van der Waals surface area contributed by atoms with Gasteiger partial charge in [-0.25, -0.2) is 0 Å². The zero-order valence-corrected chi connectivity index (χ0v) is 17.3. The summed E-state index contributed by atoms with van der Waals surface area (Å²) in [5, 5.41) is 13.2. The number of ether oxygens (including phenoxy) is 1. The van der Waals surface area contributed by atoms with Gasteiger partial charge in [0.15, 0.2) is 0 Å². The van der Waals surface area contributed by atoms with E-state index in [1.807, 2.05) is 24.3 Å². The first-order chi connectivity index (χ1) is 13.1. The molecular formula is C21H24N2O2S2. The van der Waals surface area contributed by atoms with E-state index in [2.05, 4.69) is 18.3 Å². The molecule has 3 rings (SSSR count). The number of methoxy groups -OCH3 is 1. The summed E-state index contributed by atoms with van der Waals surface area (Å²) >= 11 is 3.32. The summed E-state index contributed by atoms with van der Waals surface area (Å²) in [5.74, 6) is 2.37. The molecule has 2 aromatic rings. The first-order valence-electron chi connectivity index (χ1n) is 9.22. The maximum absolute atomic E-state index is 12.3. The normalized spacial score (nSPS) is 15.7. The Hall–Kier alpha value is -1.97. The van der Waals surface area contributed by atoms with E-state index in [-0.39, 0.29) is 5.91 Å². The lowest BCUT2D eigenvalue weighted by atomic mass is 9.89. The first-order valence-corrected chi connectivity index (χ1v) is 11.0. The van der Waals surface area contributed by atoms with E-state index in [1.165, 1.54) is 9.77 Å². The van der Waals surface area contributed by atoms with E-state index in [0.717, 1.165) is 47.8 Å². The molecule has 6 heteroatoms. The molecule has 1 N–H and O–H groups in total. The van der Waals surface area contributed by atoms with Crippen LogP contribution in [0.15, 0.2) is 29.2 Å². The van der Waals surface area contributed by atoms with Gasteiger partial charge in [-0.1, -0.05) is 6.92 Å². The standard InChI is InChI=1S/C21H24N2O2S2/c1-14-5-10-17-18(13-22)21(27-19(17)12-14)23-20(24)4-3-11-26-16-8-6-15(25-2)7-9-16/h6-9,14H,3-5,10-12H2,1-2H3,(H,23,24). The van der Waals surface area contributed by atoms with Gasteiger partial charge in [0.2, 0.25) is 5.91 Å².